The number of carbonyl (C=O) groups is 2. The Morgan fingerprint density at radius 3 is 2.82 bits per heavy atom. The van der Waals surface area contributed by atoms with Gasteiger partial charge in [-0.1, -0.05) is 25.4 Å². The number of methoxy groups -OCH3 is 1. The van der Waals surface area contributed by atoms with Gasteiger partial charge >= 0.3 is 6.09 Å². The van der Waals surface area contributed by atoms with E-state index in [0.717, 1.165) is 12.8 Å². The molecule has 0 radical (unpaired) electrons. The molecule has 0 spiro atoms. The van der Waals surface area contributed by atoms with Gasteiger partial charge in [0.05, 0.1) is 19.3 Å². The highest BCUT2D eigenvalue weighted by Gasteiger charge is 2.37. The highest BCUT2D eigenvalue weighted by Crippen LogP contribution is 2.31. The van der Waals surface area contributed by atoms with Crippen molar-refractivity contribution in [3.05, 3.63) is 17.2 Å². The minimum absolute atomic E-state index is 0.0481. The van der Waals surface area contributed by atoms with E-state index in [-0.39, 0.29) is 17.9 Å². The predicted molar refractivity (Wildman–Crippen MR) is 81.5 cm³/mol. The summed E-state index contributed by atoms with van der Waals surface area (Å²) < 4.78 is 4.60. The SMILES string of the molecule is COC(=O)NC(C(=O)N1CCCC1c1ncc(Cl)[nH]1)C(C)C. The summed E-state index contributed by atoms with van der Waals surface area (Å²) in [5.74, 6) is 0.500. The van der Waals surface area contributed by atoms with Crippen molar-refractivity contribution in [2.24, 2.45) is 5.92 Å². The molecule has 7 nitrogen and oxygen atoms in total. The Hall–Kier alpha value is -1.76. The molecule has 2 unspecified atom stereocenters. The average Bonchev–Trinajstić information content (AvgIpc) is 3.11. The normalized spacial score (nSPS) is 19.3. The molecule has 2 amide bonds. The number of ether oxygens (including phenoxy) is 1. The molecule has 0 aromatic carbocycles. The number of rotatable bonds is 4. The maximum Gasteiger partial charge on any atom is 0.407 e. The fourth-order valence-corrected chi connectivity index (χ4v) is 2.82. The summed E-state index contributed by atoms with van der Waals surface area (Å²) in [5.41, 5.74) is 0. The van der Waals surface area contributed by atoms with Gasteiger partial charge < -0.3 is 19.9 Å². The first kappa shape index (κ1) is 16.6. The third-order valence-corrected chi connectivity index (χ3v) is 4.00. The lowest BCUT2D eigenvalue weighted by Crippen LogP contribution is -2.51. The van der Waals surface area contributed by atoms with E-state index in [4.69, 9.17) is 11.6 Å². The topological polar surface area (TPSA) is 87.3 Å². The van der Waals surface area contributed by atoms with Gasteiger partial charge in [-0.15, -0.1) is 0 Å². The molecule has 1 aliphatic heterocycles. The Balaban J connectivity index is 2.16. The summed E-state index contributed by atoms with van der Waals surface area (Å²) in [4.78, 5) is 33.2. The summed E-state index contributed by atoms with van der Waals surface area (Å²) in [6.45, 7) is 4.40. The lowest BCUT2D eigenvalue weighted by atomic mass is 10.0. The average molecular weight is 329 g/mol. The van der Waals surface area contributed by atoms with Crippen LogP contribution in [0.5, 0.6) is 0 Å². The Bertz CT molecular complexity index is 546. The van der Waals surface area contributed by atoms with Crippen LogP contribution in [-0.2, 0) is 9.53 Å². The zero-order valence-corrected chi connectivity index (χ0v) is 13.7. The van der Waals surface area contributed by atoms with Crippen molar-refractivity contribution in [1.82, 2.24) is 20.2 Å². The molecule has 1 aliphatic rings. The second-order valence-corrected chi connectivity index (χ2v) is 6.07. The minimum atomic E-state index is -0.626. The summed E-state index contributed by atoms with van der Waals surface area (Å²) in [6.07, 6.45) is 2.63. The van der Waals surface area contributed by atoms with Crippen molar-refractivity contribution in [1.29, 1.82) is 0 Å². The van der Waals surface area contributed by atoms with E-state index in [1.165, 1.54) is 13.3 Å². The monoisotopic (exact) mass is 328 g/mol. The van der Waals surface area contributed by atoms with E-state index in [9.17, 15) is 9.59 Å². The second-order valence-electron chi connectivity index (χ2n) is 5.66. The molecule has 1 aromatic rings. The molecule has 2 heterocycles. The molecule has 0 saturated carbocycles. The maximum absolute atomic E-state index is 12.8. The summed E-state index contributed by atoms with van der Waals surface area (Å²) in [6, 6.07) is -0.765. The van der Waals surface area contributed by atoms with E-state index >= 15 is 0 Å². The van der Waals surface area contributed by atoms with Crippen LogP contribution >= 0.6 is 11.6 Å². The molecular weight excluding hydrogens is 308 g/mol. The van der Waals surface area contributed by atoms with Gasteiger partial charge in [0.1, 0.15) is 17.0 Å². The lowest BCUT2D eigenvalue weighted by Gasteiger charge is -2.29. The van der Waals surface area contributed by atoms with E-state index in [1.807, 2.05) is 13.8 Å². The van der Waals surface area contributed by atoms with Crippen molar-refractivity contribution >= 4 is 23.6 Å². The number of amides is 2. The number of halogens is 1. The Kier molecular flexibility index (Phi) is 5.28. The summed E-state index contributed by atoms with van der Waals surface area (Å²) in [7, 11) is 1.28. The number of aromatic nitrogens is 2. The van der Waals surface area contributed by atoms with Crippen LogP contribution in [0.4, 0.5) is 4.79 Å². The lowest BCUT2D eigenvalue weighted by molar-refractivity contribution is -0.135. The number of hydrogen-bond donors (Lipinski definition) is 2. The van der Waals surface area contributed by atoms with Gasteiger partial charge in [0.15, 0.2) is 0 Å². The molecule has 2 atom stereocenters. The number of imidazole rings is 1. The number of aromatic amines is 1. The van der Waals surface area contributed by atoms with Crippen LogP contribution in [-0.4, -0.2) is 46.6 Å². The first-order valence-electron chi connectivity index (χ1n) is 7.29. The minimum Gasteiger partial charge on any atom is -0.453 e. The molecule has 22 heavy (non-hydrogen) atoms. The van der Waals surface area contributed by atoms with Crippen molar-refractivity contribution in [3.63, 3.8) is 0 Å². The van der Waals surface area contributed by atoms with Crippen molar-refractivity contribution in [2.75, 3.05) is 13.7 Å². The molecule has 0 aliphatic carbocycles. The fourth-order valence-electron chi connectivity index (χ4n) is 2.68. The Morgan fingerprint density at radius 1 is 1.55 bits per heavy atom. The fraction of sp³-hybridized carbons (Fsp3) is 0.643. The van der Waals surface area contributed by atoms with Crippen LogP contribution in [0.2, 0.25) is 5.15 Å². The van der Waals surface area contributed by atoms with E-state index in [0.29, 0.717) is 17.5 Å². The molecule has 8 heteroatoms. The summed E-state index contributed by atoms with van der Waals surface area (Å²) >= 11 is 5.87. The van der Waals surface area contributed by atoms with E-state index in [2.05, 4.69) is 20.0 Å². The highest BCUT2D eigenvalue weighted by atomic mass is 35.5. The molecule has 1 saturated heterocycles. The second kappa shape index (κ2) is 7.00. The van der Waals surface area contributed by atoms with Crippen molar-refractivity contribution in [2.45, 2.75) is 38.8 Å². The molecule has 0 bridgehead atoms. The molecule has 2 N–H and O–H groups in total. The first-order valence-corrected chi connectivity index (χ1v) is 7.67. The van der Waals surface area contributed by atoms with Gasteiger partial charge in [-0.2, -0.15) is 0 Å². The first-order chi connectivity index (χ1) is 10.4. The van der Waals surface area contributed by atoms with Gasteiger partial charge in [-0.25, -0.2) is 9.78 Å². The zero-order chi connectivity index (χ0) is 16.3. The standard InChI is InChI=1S/C14H21ClN4O3/c1-8(2)11(18-14(21)22-3)13(20)19-6-4-5-9(19)12-16-7-10(15)17-12/h7-9,11H,4-6H2,1-3H3,(H,16,17)(H,18,21). The van der Waals surface area contributed by atoms with Crippen LogP contribution < -0.4 is 5.32 Å². The van der Waals surface area contributed by atoms with Crippen LogP contribution in [0.25, 0.3) is 0 Å². The van der Waals surface area contributed by atoms with Gasteiger partial charge in [-0.3, -0.25) is 4.79 Å². The van der Waals surface area contributed by atoms with Crippen LogP contribution in [0.15, 0.2) is 6.20 Å². The molecule has 1 fully saturated rings. The number of likely N-dealkylation sites (tertiary alicyclic amines) is 1. The summed E-state index contributed by atoms with van der Waals surface area (Å²) in [5, 5.41) is 3.06. The van der Waals surface area contributed by atoms with E-state index < -0.39 is 12.1 Å². The Morgan fingerprint density at radius 2 is 2.27 bits per heavy atom. The molecular formula is C14H21ClN4O3. The van der Waals surface area contributed by atoms with Crippen molar-refractivity contribution < 1.29 is 14.3 Å². The number of alkyl carbamates (subject to hydrolysis) is 1. The molecule has 2 rings (SSSR count). The highest BCUT2D eigenvalue weighted by molar-refractivity contribution is 6.29. The van der Waals surface area contributed by atoms with Gasteiger partial charge in [0.2, 0.25) is 5.91 Å². The van der Waals surface area contributed by atoms with Gasteiger partial charge in [-0.05, 0) is 18.8 Å². The number of H-pyrrole nitrogens is 1. The maximum atomic E-state index is 12.8. The smallest absolute Gasteiger partial charge is 0.407 e. The van der Waals surface area contributed by atoms with Crippen LogP contribution in [0.1, 0.15) is 38.6 Å². The Labute approximate surface area is 134 Å². The van der Waals surface area contributed by atoms with Gasteiger partial charge in [0.25, 0.3) is 0 Å². The van der Waals surface area contributed by atoms with Crippen LogP contribution in [0, 0.1) is 5.92 Å². The predicted octanol–water partition coefficient (Wildman–Crippen LogP) is 2.11. The third-order valence-electron chi connectivity index (χ3n) is 3.81. The molecule has 122 valence electrons. The largest absolute Gasteiger partial charge is 0.453 e. The van der Waals surface area contributed by atoms with Gasteiger partial charge in [0, 0.05) is 6.54 Å². The van der Waals surface area contributed by atoms with Crippen LogP contribution in [0.3, 0.4) is 0 Å². The third kappa shape index (κ3) is 3.52. The number of nitrogens with one attached hydrogen (secondary N) is 2. The van der Waals surface area contributed by atoms with Crippen molar-refractivity contribution in [3.8, 4) is 0 Å². The number of carbonyl (C=O) groups excluding carboxylic acids is 2. The van der Waals surface area contributed by atoms with E-state index in [1.54, 1.807) is 4.90 Å². The number of nitrogens with zero attached hydrogens (tertiary/aromatic N) is 2. The zero-order valence-electron chi connectivity index (χ0n) is 12.9. The number of hydrogen-bond acceptors (Lipinski definition) is 4. The molecule has 1 aromatic heterocycles. The quantitative estimate of drug-likeness (QED) is 0.886.